The van der Waals surface area contributed by atoms with Crippen LogP contribution in [0.1, 0.15) is 19.3 Å². The topological polar surface area (TPSA) is 80.1 Å². The molecule has 0 radical (unpaired) electrons. The standard InChI is InChI=1S/C12H17N5O2/c18-10(6-16-8-14-15-9-16)17-5-3-12(7-17)2-1-4-13-11(12)19/h8-9H,1-7H2,(H,13,19)/t12-/m0/s1. The normalized spacial score (nSPS) is 26.7. The van der Waals surface area contributed by atoms with Gasteiger partial charge in [-0.05, 0) is 19.3 Å². The van der Waals surface area contributed by atoms with Gasteiger partial charge in [-0.2, -0.15) is 0 Å². The van der Waals surface area contributed by atoms with E-state index < -0.39 is 0 Å². The van der Waals surface area contributed by atoms with Crippen molar-refractivity contribution in [3.8, 4) is 0 Å². The molecule has 2 fully saturated rings. The first kappa shape index (κ1) is 12.1. The Morgan fingerprint density at radius 3 is 2.89 bits per heavy atom. The summed E-state index contributed by atoms with van der Waals surface area (Å²) in [6, 6.07) is 0. The summed E-state index contributed by atoms with van der Waals surface area (Å²) in [7, 11) is 0. The molecule has 7 heteroatoms. The van der Waals surface area contributed by atoms with Crippen LogP contribution in [-0.4, -0.2) is 51.1 Å². The second-order valence-corrected chi connectivity index (χ2v) is 5.34. The van der Waals surface area contributed by atoms with Crippen LogP contribution in [0.15, 0.2) is 12.7 Å². The third-order valence-electron chi connectivity index (χ3n) is 4.09. The van der Waals surface area contributed by atoms with Crippen molar-refractivity contribution in [1.82, 2.24) is 25.0 Å². The van der Waals surface area contributed by atoms with Gasteiger partial charge in [0.25, 0.3) is 0 Å². The molecule has 0 bridgehead atoms. The summed E-state index contributed by atoms with van der Waals surface area (Å²) in [4.78, 5) is 26.0. The van der Waals surface area contributed by atoms with Gasteiger partial charge in [0.15, 0.2) is 0 Å². The lowest BCUT2D eigenvalue weighted by Crippen LogP contribution is -2.48. The summed E-state index contributed by atoms with van der Waals surface area (Å²) in [6.07, 6.45) is 5.70. The van der Waals surface area contributed by atoms with E-state index in [1.54, 1.807) is 9.47 Å². The second-order valence-electron chi connectivity index (χ2n) is 5.34. The maximum atomic E-state index is 12.2. The smallest absolute Gasteiger partial charge is 0.242 e. The average Bonchev–Trinajstić information content (AvgIpc) is 3.04. The summed E-state index contributed by atoms with van der Waals surface area (Å²) >= 11 is 0. The van der Waals surface area contributed by atoms with E-state index in [1.165, 1.54) is 12.7 Å². The lowest BCUT2D eigenvalue weighted by atomic mass is 9.79. The minimum absolute atomic E-state index is 0.0232. The number of nitrogens with zero attached hydrogens (tertiary/aromatic N) is 4. The summed E-state index contributed by atoms with van der Waals surface area (Å²) < 4.78 is 1.65. The van der Waals surface area contributed by atoms with Crippen molar-refractivity contribution in [1.29, 1.82) is 0 Å². The van der Waals surface area contributed by atoms with Crippen LogP contribution in [0, 0.1) is 5.41 Å². The maximum absolute atomic E-state index is 12.2. The molecule has 2 aliphatic heterocycles. The molecule has 1 aromatic heterocycles. The molecule has 0 saturated carbocycles. The van der Waals surface area contributed by atoms with E-state index in [1.807, 2.05) is 0 Å². The molecule has 2 saturated heterocycles. The van der Waals surface area contributed by atoms with Gasteiger partial charge in [-0.3, -0.25) is 9.59 Å². The predicted octanol–water partition coefficient (Wildman–Crippen LogP) is -0.593. The molecule has 0 aliphatic carbocycles. The van der Waals surface area contributed by atoms with Crippen LogP contribution in [0.5, 0.6) is 0 Å². The van der Waals surface area contributed by atoms with Crippen molar-refractivity contribution in [3.05, 3.63) is 12.7 Å². The highest BCUT2D eigenvalue weighted by atomic mass is 16.2. The van der Waals surface area contributed by atoms with E-state index >= 15 is 0 Å². The Morgan fingerprint density at radius 2 is 2.16 bits per heavy atom. The molecule has 1 atom stereocenters. The molecule has 1 spiro atoms. The quantitative estimate of drug-likeness (QED) is 0.773. The Labute approximate surface area is 111 Å². The number of piperidine rings is 1. The zero-order valence-corrected chi connectivity index (χ0v) is 10.7. The van der Waals surface area contributed by atoms with E-state index in [0.29, 0.717) is 13.1 Å². The third kappa shape index (κ3) is 2.20. The van der Waals surface area contributed by atoms with Crippen LogP contribution in [0.2, 0.25) is 0 Å². The monoisotopic (exact) mass is 263 g/mol. The molecule has 3 rings (SSSR count). The fourth-order valence-corrected chi connectivity index (χ4v) is 2.96. The van der Waals surface area contributed by atoms with Gasteiger partial charge in [-0.25, -0.2) is 0 Å². The van der Waals surface area contributed by atoms with Crippen molar-refractivity contribution in [3.63, 3.8) is 0 Å². The maximum Gasteiger partial charge on any atom is 0.242 e. The fraction of sp³-hybridized carbons (Fsp3) is 0.667. The van der Waals surface area contributed by atoms with E-state index in [2.05, 4.69) is 15.5 Å². The summed E-state index contributed by atoms with van der Waals surface area (Å²) in [5.74, 6) is 0.133. The van der Waals surface area contributed by atoms with Crippen LogP contribution >= 0.6 is 0 Å². The SMILES string of the molecule is O=C(Cn1cnnc1)N1CC[C@@]2(CCCNC2=O)C1. The van der Waals surface area contributed by atoms with Gasteiger partial charge >= 0.3 is 0 Å². The number of hydrogen-bond donors (Lipinski definition) is 1. The Hall–Kier alpha value is -1.92. The fourth-order valence-electron chi connectivity index (χ4n) is 2.96. The highest BCUT2D eigenvalue weighted by Gasteiger charge is 2.46. The first-order chi connectivity index (χ1) is 9.20. The number of carbonyl (C=O) groups is 2. The molecule has 1 aromatic rings. The van der Waals surface area contributed by atoms with E-state index in [-0.39, 0.29) is 23.8 Å². The van der Waals surface area contributed by atoms with Crippen molar-refractivity contribution in [2.75, 3.05) is 19.6 Å². The van der Waals surface area contributed by atoms with Crippen molar-refractivity contribution in [2.45, 2.75) is 25.8 Å². The zero-order chi connectivity index (χ0) is 13.3. The van der Waals surface area contributed by atoms with Gasteiger partial charge < -0.3 is 14.8 Å². The molecular weight excluding hydrogens is 246 g/mol. The van der Waals surface area contributed by atoms with Crippen LogP contribution in [0.4, 0.5) is 0 Å². The number of nitrogens with one attached hydrogen (secondary N) is 1. The molecule has 2 aliphatic rings. The average molecular weight is 263 g/mol. The van der Waals surface area contributed by atoms with Gasteiger partial charge in [0.1, 0.15) is 19.2 Å². The highest BCUT2D eigenvalue weighted by molar-refractivity contribution is 5.85. The minimum atomic E-state index is -0.346. The second kappa shape index (κ2) is 4.64. The lowest BCUT2D eigenvalue weighted by Gasteiger charge is -2.32. The van der Waals surface area contributed by atoms with Crippen LogP contribution in [0.3, 0.4) is 0 Å². The first-order valence-corrected chi connectivity index (χ1v) is 6.58. The van der Waals surface area contributed by atoms with Crippen LogP contribution < -0.4 is 5.32 Å². The molecule has 102 valence electrons. The van der Waals surface area contributed by atoms with Gasteiger partial charge in [0.2, 0.25) is 11.8 Å². The molecule has 7 nitrogen and oxygen atoms in total. The number of likely N-dealkylation sites (tertiary alicyclic amines) is 1. The molecular formula is C12H17N5O2. The molecule has 0 aromatic carbocycles. The van der Waals surface area contributed by atoms with Crippen molar-refractivity contribution in [2.24, 2.45) is 5.41 Å². The van der Waals surface area contributed by atoms with Crippen molar-refractivity contribution >= 4 is 11.8 Å². The number of amides is 2. The largest absolute Gasteiger partial charge is 0.356 e. The molecule has 1 N–H and O–H groups in total. The van der Waals surface area contributed by atoms with Gasteiger partial charge in [0, 0.05) is 19.6 Å². The van der Waals surface area contributed by atoms with E-state index in [9.17, 15) is 9.59 Å². The Kier molecular flexibility index (Phi) is 2.96. The third-order valence-corrected chi connectivity index (χ3v) is 4.09. The molecule has 0 unspecified atom stereocenters. The molecule has 3 heterocycles. The van der Waals surface area contributed by atoms with Crippen LogP contribution in [0.25, 0.3) is 0 Å². The number of carbonyl (C=O) groups excluding carboxylic acids is 2. The molecule has 2 amide bonds. The number of hydrogen-bond acceptors (Lipinski definition) is 4. The highest BCUT2D eigenvalue weighted by Crippen LogP contribution is 2.37. The summed E-state index contributed by atoms with van der Waals surface area (Å²) in [6.45, 7) is 2.20. The predicted molar refractivity (Wildman–Crippen MR) is 65.9 cm³/mol. The minimum Gasteiger partial charge on any atom is -0.356 e. The summed E-state index contributed by atoms with van der Waals surface area (Å²) in [5, 5.41) is 10.3. The van der Waals surface area contributed by atoms with Crippen LogP contribution in [-0.2, 0) is 16.1 Å². The van der Waals surface area contributed by atoms with Gasteiger partial charge in [-0.1, -0.05) is 0 Å². The van der Waals surface area contributed by atoms with Crippen molar-refractivity contribution < 1.29 is 9.59 Å². The van der Waals surface area contributed by atoms with Gasteiger partial charge in [0.05, 0.1) is 5.41 Å². The Morgan fingerprint density at radius 1 is 1.37 bits per heavy atom. The first-order valence-electron chi connectivity index (χ1n) is 6.58. The Balaban J connectivity index is 1.65. The zero-order valence-electron chi connectivity index (χ0n) is 10.7. The van der Waals surface area contributed by atoms with E-state index in [0.717, 1.165) is 25.8 Å². The lowest BCUT2D eigenvalue weighted by molar-refractivity contribution is -0.135. The van der Waals surface area contributed by atoms with Gasteiger partial charge in [-0.15, -0.1) is 10.2 Å². The van der Waals surface area contributed by atoms with E-state index in [4.69, 9.17) is 0 Å². The molecule has 19 heavy (non-hydrogen) atoms. The number of aromatic nitrogens is 3. The Bertz CT molecular complexity index is 486. The summed E-state index contributed by atoms with van der Waals surface area (Å²) in [5.41, 5.74) is -0.346. The number of rotatable bonds is 2.